The van der Waals surface area contributed by atoms with E-state index in [9.17, 15) is 0 Å². The first-order valence-corrected chi connectivity index (χ1v) is 9.12. The summed E-state index contributed by atoms with van der Waals surface area (Å²) < 4.78 is 11.9. The lowest BCUT2D eigenvalue weighted by Gasteiger charge is -2.38. The summed E-state index contributed by atoms with van der Waals surface area (Å²) in [6.45, 7) is 7.34. The summed E-state index contributed by atoms with van der Waals surface area (Å²) in [5.41, 5.74) is 1.43. The molecule has 0 saturated carbocycles. The van der Waals surface area contributed by atoms with Gasteiger partial charge < -0.3 is 9.47 Å². The first kappa shape index (κ1) is 15.6. The van der Waals surface area contributed by atoms with Crippen molar-refractivity contribution in [3.63, 3.8) is 0 Å². The molecular weight excluding hydrogens is 288 g/mol. The molecule has 1 unspecified atom stereocenters. The fourth-order valence-corrected chi connectivity index (χ4v) is 4.23. The Morgan fingerprint density at radius 3 is 2.78 bits per heavy atom. The maximum absolute atomic E-state index is 6.05. The molecule has 0 bridgehead atoms. The van der Waals surface area contributed by atoms with Crippen molar-refractivity contribution in [1.29, 1.82) is 0 Å². The van der Waals surface area contributed by atoms with Crippen molar-refractivity contribution < 1.29 is 9.47 Å². The van der Waals surface area contributed by atoms with Crippen LogP contribution < -0.4 is 0 Å². The molecule has 4 nitrogen and oxygen atoms in total. The monoisotopic (exact) mass is 316 g/mol. The Morgan fingerprint density at radius 2 is 1.96 bits per heavy atom. The summed E-state index contributed by atoms with van der Waals surface area (Å²) in [6.07, 6.45) is 4.43. The zero-order valence-electron chi connectivity index (χ0n) is 13.9. The molecule has 126 valence electrons. The Kier molecular flexibility index (Phi) is 4.95. The molecule has 3 fully saturated rings. The summed E-state index contributed by atoms with van der Waals surface area (Å²) in [5.74, 6) is 0. The third-order valence-electron chi connectivity index (χ3n) is 5.51. The minimum absolute atomic E-state index is 0.390. The molecule has 3 heterocycles. The van der Waals surface area contributed by atoms with Crippen LogP contribution in [0.5, 0.6) is 0 Å². The minimum atomic E-state index is 0.390. The standard InChI is InChI=1S/C19H28N2O2/c1-2-5-16(6-3-1)8-9-20-14-18-19(15-20)23-12-10-21(18)13-17-7-4-11-22-17/h1-3,5-6,17-19H,4,7-15H2/t17?,18-,19+/m1/s1. The lowest BCUT2D eigenvalue weighted by molar-refractivity contribution is -0.0615. The average Bonchev–Trinajstić information content (AvgIpc) is 3.23. The second-order valence-electron chi connectivity index (χ2n) is 7.10. The lowest BCUT2D eigenvalue weighted by Crippen LogP contribution is -2.52. The van der Waals surface area contributed by atoms with Crippen LogP contribution in [-0.2, 0) is 15.9 Å². The highest BCUT2D eigenvalue weighted by Gasteiger charge is 2.40. The van der Waals surface area contributed by atoms with E-state index in [1.165, 1.54) is 18.4 Å². The van der Waals surface area contributed by atoms with E-state index in [1.807, 2.05) is 0 Å². The maximum atomic E-state index is 6.05. The predicted molar refractivity (Wildman–Crippen MR) is 90.7 cm³/mol. The van der Waals surface area contributed by atoms with Gasteiger partial charge in [-0.15, -0.1) is 0 Å². The van der Waals surface area contributed by atoms with Crippen molar-refractivity contribution in [2.24, 2.45) is 0 Å². The Bertz CT molecular complexity index is 489. The lowest BCUT2D eigenvalue weighted by atomic mass is 10.1. The van der Waals surface area contributed by atoms with Crippen molar-refractivity contribution in [1.82, 2.24) is 9.80 Å². The molecular formula is C19H28N2O2. The number of ether oxygens (including phenoxy) is 2. The van der Waals surface area contributed by atoms with Gasteiger partial charge in [-0.25, -0.2) is 0 Å². The second kappa shape index (κ2) is 7.31. The topological polar surface area (TPSA) is 24.9 Å². The highest BCUT2D eigenvalue weighted by molar-refractivity contribution is 5.15. The zero-order valence-corrected chi connectivity index (χ0v) is 13.9. The molecule has 3 saturated heterocycles. The SMILES string of the molecule is c1ccc(CCN2C[C@@H]3OCCN(CC4CCCO4)[C@@H]3C2)cc1. The van der Waals surface area contributed by atoms with Crippen LogP contribution in [0.25, 0.3) is 0 Å². The number of hydrogen-bond donors (Lipinski definition) is 0. The Morgan fingerprint density at radius 1 is 1.04 bits per heavy atom. The molecule has 4 rings (SSSR count). The van der Waals surface area contributed by atoms with Gasteiger partial charge in [0.15, 0.2) is 0 Å². The van der Waals surface area contributed by atoms with Crippen LogP contribution in [0.3, 0.4) is 0 Å². The van der Waals surface area contributed by atoms with Crippen LogP contribution >= 0.6 is 0 Å². The molecule has 0 amide bonds. The van der Waals surface area contributed by atoms with Crippen LogP contribution in [0, 0.1) is 0 Å². The first-order valence-electron chi connectivity index (χ1n) is 9.12. The smallest absolute Gasteiger partial charge is 0.0869 e. The quantitative estimate of drug-likeness (QED) is 0.827. The van der Waals surface area contributed by atoms with Gasteiger partial charge in [0.05, 0.1) is 18.8 Å². The molecule has 3 atom stereocenters. The number of hydrogen-bond acceptors (Lipinski definition) is 4. The second-order valence-corrected chi connectivity index (χ2v) is 7.10. The molecule has 1 aromatic rings. The van der Waals surface area contributed by atoms with E-state index in [1.54, 1.807) is 0 Å². The van der Waals surface area contributed by atoms with Crippen LogP contribution in [0.1, 0.15) is 18.4 Å². The Hall–Kier alpha value is -0.940. The molecule has 0 spiro atoms. The fraction of sp³-hybridized carbons (Fsp3) is 0.684. The number of morpholine rings is 1. The molecule has 1 aromatic carbocycles. The van der Waals surface area contributed by atoms with Crippen LogP contribution in [0.4, 0.5) is 0 Å². The van der Waals surface area contributed by atoms with Crippen molar-refractivity contribution in [2.45, 2.75) is 37.5 Å². The van der Waals surface area contributed by atoms with E-state index in [2.05, 4.69) is 40.1 Å². The van der Waals surface area contributed by atoms with E-state index in [0.29, 0.717) is 18.2 Å². The van der Waals surface area contributed by atoms with Gasteiger partial charge in [-0.3, -0.25) is 9.80 Å². The molecule has 0 aliphatic carbocycles. The van der Waals surface area contributed by atoms with Crippen molar-refractivity contribution in [3.8, 4) is 0 Å². The largest absolute Gasteiger partial charge is 0.377 e. The number of nitrogens with zero attached hydrogens (tertiary/aromatic N) is 2. The summed E-state index contributed by atoms with van der Waals surface area (Å²) in [4.78, 5) is 5.21. The van der Waals surface area contributed by atoms with Gasteiger partial charge in [0.25, 0.3) is 0 Å². The molecule has 0 aromatic heterocycles. The van der Waals surface area contributed by atoms with E-state index < -0.39 is 0 Å². The Balaban J connectivity index is 1.31. The number of rotatable bonds is 5. The molecule has 4 heteroatoms. The van der Waals surface area contributed by atoms with Crippen molar-refractivity contribution >= 4 is 0 Å². The normalized spacial score (nSPS) is 32.3. The van der Waals surface area contributed by atoms with Gasteiger partial charge in [-0.1, -0.05) is 30.3 Å². The van der Waals surface area contributed by atoms with Crippen LogP contribution in [-0.4, -0.2) is 74.0 Å². The van der Waals surface area contributed by atoms with Crippen LogP contribution in [0.2, 0.25) is 0 Å². The third kappa shape index (κ3) is 3.77. The molecule has 3 aliphatic rings. The highest BCUT2D eigenvalue weighted by atomic mass is 16.5. The van der Waals surface area contributed by atoms with Gasteiger partial charge >= 0.3 is 0 Å². The van der Waals surface area contributed by atoms with E-state index in [0.717, 1.165) is 52.4 Å². The van der Waals surface area contributed by atoms with Gasteiger partial charge in [-0.2, -0.15) is 0 Å². The van der Waals surface area contributed by atoms with Gasteiger partial charge in [0.2, 0.25) is 0 Å². The number of fused-ring (bicyclic) bond motifs is 1. The Labute approximate surface area is 139 Å². The van der Waals surface area contributed by atoms with E-state index in [4.69, 9.17) is 9.47 Å². The molecule has 3 aliphatic heterocycles. The van der Waals surface area contributed by atoms with Crippen molar-refractivity contribution in [3.05, 3.63) is 35.9 Å². The van der Waals surface area contributed by atoms with E-state index >= 15 is 0 Å². The molecule has 23 heavy (non-hydrogen) atoms. The van der Waals surface area contributed by atoms with Crippen molar-refractivity contribution in [2.75, 3.05) is 45.9 Å². The van der Waals surface area contributed by atoms with E-state index in [-0.39, 0.29) is 0 Å². The number of likely N-dealkylation sites (tertiary alicyclic amines) is 1. The third-order valence-corrected chi connectivity index (χ3v) is 5.51. The van der Waals surface area contributed by atoms with Gasteiger partial charge in [0, 0.05) is 45.4 Å². The fourth-order valence-electron chi connectivity index (χ4n) is 4.23. The maximum Gasteiger partial charge on any atom is 0.0869 e. The molecule has 0 radical (unpaired) electrons. The predicted octanol–water partition coefficient (Wildman–Crippen LogP) is 1.79. The molecule has 0 N–H and O–H groups in total. The summed E-state index contributed by atoms with van der Waals surface area (Å²) in [6, 6.07) is 11.4. The average molecular weight is 316 g/mol. The summed E-state index contributed by atoms with van der Waals surface area (Å²) >= 11 is 0. The first-order chi connectivity index (χ1) is 11.4. The minimum Gasteiger partial charge on any atom is -0.377 e. The highest BCUT2D eigenvalue weighted by Crippen LogP contribution is 2.25. The summed E-state index contributed by atoms with van der Waals surface area (Å²) in [5, 5.41) is 0. The summed E-state index contributed by atoms with van der Waals surface area (Å²) in [7, 11) is 0. The van der Waals surface area contributed by atoms with Gasteiger partial charge in [0.1, 0.15) is 0 Å². The zero-order chi connectivity index (χ0) is 15.5. The number of benzene rings is 1. The van der Waals surface area contributed by atoms with Crippen LogP contribution in [0.15, 0.2) is 30.3 Å². The van der Waals surface area contributed by atoms with Gasteiger partial charge in [-0.05, 0) is 24.8 Å².